The van der Waals surface area contributed by atoms with Crippen molar-refractivity contribution in [3.05, 3.63) is 30.1 Å². The molecule has 1 saturated heterocycles. The molecule has 2 aromatic rings. The third-order valence-corrected chi connectivity index (χ3v) is 5.59. The van der Waals surface area contributed by atoms with Gasteiger partial charge in [0, 0.05) is 39.4 Å². The summed E-state index contributed by atoms with van der Waals surface area (Å²) < 4.78 is 2.09. The lowest BCUT2D eigenvalue weighted by Gasteiger charge is -2.38. The Morgan fingerprint density at radius 2 is 2.00 bits per heavy atom. The maximum absolute atomic E-state index is 12.5. The zero-order valence-electron chi connectivity index (χ0n) is 16.4. The van der Waals surface area contributed by atoms with Crippen molar-refractivity contribution in [2.24, 2.45) is 24.8 Å². The second kappa shape index (κ2) is 8.11. The monoisotopic (exact) mass is 371 g/mol. The highest BCUT2D eigenvalue weighted by Gasteiger charge is 2.33. The Morgan fingerprint density at radius 3 is 2.67 bits per heavy atom. The molecule has 1 aliphatic heterocycles. The number of imidazole rings is 1. The fraction of sp³-hybridized carbons (Fsp3) is 0.571. The molecule has 0 aliphatic carbocycles. The zero-order valence-corrected chi connectivity index (χ0v) is 16.4. The van der Waals surface area contributed by atoms with Gasteiger partial charge in [0.15, 0.2) is 0 Å². The molecule has 2 heterocycles. The van der Waals surface area contributed by atoms with Crippen LogP contribution in [0.25, 0.3) is 11.0 Å². The number of carbonyl (C=O) groups is 2. The summed E-state index contributed by atoms with van der Waals surface area (Å²) in [6.07, 6.45) is 2.13. The summed E-state index contributed by atoms with van der Waals surface area (Å²) in [5, 5.41) is 9.31. The maximum atomic E-state index is 12.5. The number of hydrogen-bond acceptors (Lipinski definition) is 3. The van der Waals surface area contributed by atoms with Crippen molar-refractivity contribution in [1.82, 2.24) is 14.5 Å². The molecular weight excluding hydrogens is 342 g/mol. The van der Waals surface area contributed by atoms with Gasteiger partial charge in [-0.15, -0.1) is 0 Å². The molecule has 2 unspecified atom stereocenters. The summed E-state index contributed by atoms with van der Waals surface area (Å²) in [6, 6.07) is 8.00. The summed E-state index contributed by atoms with van der Waals surface area (Å²) in [6.45, 7) is 5.37. The average molecular weight is 371 g/mol. The van der Waals surface area contributed by atoms with Gasteiger partial charge in [0.1, 0.15) is 5.82 Å². The number of carboxylic acid groups (broad SMARTS) is 1. The van der Waals surface area contributed by atoms with Crippen LogP contribution < -0.4 is 0 Å². The van der Waals surface area contributed by atoms with Gasteiger partial charge in [0.05, 0.1) is 11.0 Å². The van der Waals surface area contributed by atoms with Crippen molar-refractivity contribution in [3.8, 4) is 0 Å². The Kier molecular flexibility index (Phi) is 5.82. The molecule has 1 fully saturated rings. The normalized spacial score (nSPS) is 20.4. The number of aromatic nitrogens is 2. The van der Waals surface area contributed by atoms with E-state index < -0.39 is 5.97 Å². The van der Waals surface area contributed by atoms with Crippen LogP contribution in [0, 0.1) is 17.8 Å². The molecule has 1 aromatic carbocycles. The summed E-state index contributed by atoms with van der Waals surface area (Å²) in [4.78, 5) is 30.5. The number of aryl methyl sites for hydroxylation is 1. The van der Waals surface area contributed by atoms with Crippen molar-refractivity contribution in [3.63, 3.8) is 0 Å². The van der Waals surface area contributed by atoms with Gasteiger partial charge in [-0.3, -0.25) is 9.59 Å². The van der Waals surface area contributed by atoms with Crippen molar-refractivity contribution >= 4 is 22.9 Å². The van der Waals surface area contributed by atoms with Crippen molar-refractivity contribution < 1.29 is 14.7 Å². The number of benzene rings is 1. The summed E-state index contributed by atoms with van der Waals surface area (Å²) in [5.74, 6) is 0.875. The van der Waals surface area contributed by atoms with Crippen LogP contribution >= 0.6 is 0 Å². The predicted molar refractivity (Wildman–Crippen MR) is 104 cm³/mol. The fourth-order valence-corrected chi connectivity index (χ4v) is 4.12. The number of piperidine rings is 1. The Morgan fingerprint density at radius 1 is 1.26 bits per heavy atom. The molecule has 0 radical (unpaired) electrons. The number of rotatable bonds is 6. The third-order valence-electron chi connectivity index (χ3n) is 5.59. The zero-order chi connectivity index (χ0) is 19.6. The smallest absolute Gasteiger partial charge is 0.303 e. The molecule has 3 rings (SSSR count). The summed E-state index contributed by atoms with van der Waals surface area (Å²) >= 11 is 0. The Bertz CT molecular complexity index is 827. The molecule has 0 saturated carbocycles. The van der Waals surface area contributed by atoms with Gasteiger partial charge in [-0.05, 0) is 36.3 Å². The Labute approximate surface area is 160 Å². The number of para-hydroxylation sites is 2. The van der Waals surface area contributed by atoms with Crippen LogP contribution in [-0.2, 0) is 23.1 Å². The lowest BCUT2D eigenvalue weighted by atomic mass is 9.80. The van der Waals surface area contributed by atoms with Gasteiger partial charge in [0.2, 0.25) is 5.91 Å². The van der Waals surface area contributed by atoms with Crippen LogP contribution in [-0.4, -0.2) is 44.5 Å². The second-order valence-electron chi connectivity index (χ2n) is 8.12. The standard InChI is InChI=1S/C21H29N3O3/c1-14(2)10-20(25)24-9-8-15(12-21(26)27)16(13-24)11-19-22-17-6-4-5-7-18(17)23(19)3/h4-7,14-16H,8-13H2,1-3H3,(H,26,27). The predicted octanol–water partition coefficient (Wildman–Crippen LogP) is 3.10. The lowest BCUT2D eigenvalue weighted by molar-refractivity contribution is -0.140. The van der Waals surface area contributed by atoms with E-state index in [9.17, 15) is 14.7 Å². The minimum absolute atomic E-state index is 0.0745. The topological polar surface area (TPSA) is 75.4 Å². The van der Waals surface area contributed by atoms with Crippen LogP contribution in [0.5, 0.6) is 0 Å². The van der Waals surface area contributed by atoms with Gasteiger partial charge in [0.25, 0.3) is 0 Å². The van der Waals surface area contributed by atoms with Crippen LogP contribution in [0.2, 0.25) is 0 Å². The number of aliphatic carboxylic acids is 1. The number of likely N-dealkylation sites (tertiary alicyclic amines) is 1. The van der Waals surface area contributed by atoms with E-state index in [1.165, 1.54) is 0 Å². The van der Waals surface area contributed by atoms with Crippen LogP contribution in [0.3, 0.4) is 0 Å². The highest BCUT2D eigenvalue weighted by molar-refractivity contribution is 5.77. The van der Waals surface area contributed by atoms with E-state index in [0.29, 0.717) is 31.8 Å². The largest absolute Gasteiger partial charge is 0.481 e. The molecule has 1 N–H and O–H groups in total. The minimum atomic E-state index is -0.767. The molecule has 1 aromatic heterocycles. The highest BCUT2D eigenvalue weighted by atomic mass is 16.4. The third kappa shape index (κ3) is 4.49. The van der Waals surface area contributed by atoms with Crippen LogP contribution in [0.15, 0.2) is 24.3 Å². The summed E-state index contributed by atoms with van der Waals surface area (Å²) in [5.41, 5.74) is 2.03. The van der Waals surface area contributed by atoms with E-state index in [-0.39, 0.29) is 24.2 Å². The molecule has 6 nitrogen and oxygen atoms in total. The molecule has 146 valence electrons. The Balaban J connectivity index is 1.81. The lowest BCUT2D eigenvalue weighted by Crippen LogP contribution is -2.45. The van der Waals surface area contributed by atoms with E-state index in [1.54, 1.807) is 0 Å². The number of nitrogens with zero attached hydrogens (tertiary/aromatic N) is 3. The van der Waals surface area contributed by atoms with E-state index in [2.05, 4.69) is 4.57 Å². The average Bonchev–Trinajstić information content (AvgIpc) is 2.91. The minimum Gasteiger partial charge on any atom is -0.481 e. The first-order chi connectivity index (χ1) is 12.8. The maximum Gasteiger partial charge on any atom is 0.303 e. The molecule has 1 aliphatic rings. The van der Waals surface area contributed by atoms with Gasteiger partial charge in [-0.25, -0.2) is 4.98 Å². The highest BCUT2D eigenvalue weighted by Crippen LogP contribution is 2.30. The van der Waals surface area contributed by atoms with Crippen LogP contribution in [0.4, 0.5) is 0 Å². The number of carboxylic acids is 1. The molecule has 2 atom stereocenters. The van der Waals surface area contributed by atoms with Crippen molar-refractivity contribution in [2.75, 3.05) is 13.1 Å². The molecule has 0 bridgehead atoms. The van der Waals surface area contributed by atoms with Gasteiger partial charge >= 0.3 is 5.97 Å². The number of amides is 1. The SMILES string of the molecule is CC(C)CC(=O)N1CCC(CC(=O)O)C(Cc2nc3ccccc3n2C)C1. The van der Waals surface area contributed by atoms with Crippen LogP contribution in [0.1, 0.15) is 38.9 Å². The number of carbonyl (C=O) groups excluding carboxylic acids is 1. The molecule has 0 spiro atoms. The second-order valence-corrected chi connectivity index (χ2v) is 8.12. The van der Waals surface area contributed by atoms with E-state index >= 15 is 0 Å². The van der Waals surface area contributed by atoms with E-state index in [1.807, 2.05) is 50.1 Å². The van der Waals surface area contributed by atoms with Gasteiger partial charge in [-0.1, -0.05) is 26.0 Å². The van der Waals surface area contributed by atoms with Gasteiger partial charge in [-0.2, -0.15) is 0 Å². The van der Waals surface area contributed by atoms with Gasteiger partial charge < -0.3 is 14.6 Å². The molecular formula is C21H29N3O3. The number of hydrogen-bond donors (Lipinski definition) is 1. The summed E-state index contributed by atoms with van der Waals surface area (Å²) in [7, 11) is 2.00. The molecule has 6 heteroatoms. The van der Waals surface area contributed by atoms with Crippen molar-refractivity contribution in [1.29, 1.82) is 0 Å². The first kappa shape index (κ1) is 19.4. The first-order valence-electron chi connectivity index (χ1n) is 9.75. The molecule has 1 amide bonds. The number of fused-ring (bicyclic) bond motifs is 1. The van der Waals surface area contributed by atoms with Crippen molar-refractivity contribution in [2.45, 2.75) is 39.5 Å². The Hall–Kier alpha value is -2.37. The first-order valence-corrected chi connectivity index (χ1v) is 9.75. The van der Waals surface area contributed by atoms with E-state index in [4.69, 9.17) is 4.98 Å². The van der Waals surface area contributed by atoms with E-state index in [0.717, 1.165) is 23.3 Å². The molecule has 27 heavy (non-hydrogen) atoms. The quantitative estimate of drug-likeness (QED) is 0.847. The fourth-order valence-electron chi connectivity index (χ4n) is 4.12.